The summed E-state index contributed by atoms with van der Waals surface area (Å²) in [6.45, 7) is -0.417. The lowest BCUT2D eigenvalue weighted by atomic mass is 10.3. The molecule has 0 unspecified atom stereocenters. The summed E-state index contributed by atoms with van der Waals surface area (Å²) in [5, 5.41) is 0.103. The zero-order valence-corrected chi connectivity index (χ0v) is 7.88. The number of alkyl halides is 2. The van der Waals surface area contributed by atoms with Crippen molar-refractivity contribution in [1.82, 2.24) is 9.55 Å². The summed E-state index contributed by atoms with van der Waals surface area (Å²) in [5.41, 5.74) is 1.27. The van der Waals surface area contributed by atoms with Gasteiger partial charge in [0.2, 0.25) is 5.28 Å². The van der Waals surface area contributed by atoms with E-state index in [1.807, 2.05) is 0 Å². The van der Waals surface area contributed by atoms with E-state index in [1.165, 1.54) is 4.57 Å². The number of aromatic nitrogens is 2. The van der Waals surface area contributed by atoms with Crippen LogP contribution in [-0.2, 0) is 6.54 Å². The summed E-state index contributed by atoms with van der Waals surface area (Å²) in [4.78, 5) is 3.96. The normalized spacial score (nSPS) is 11.4. The third kappa shape index (κ3) is 1.57. The average molecular weight is 217 g/mol. The van der Waals surface area contributed by atoms with Crippen LogP contribution in [0.1, 0.15) is 0 Å². The Morgan fingerprint density at radius 3 is 2.79 bits per heavy atom. The van der Waals surface area contributed by atoms with Gasteiger partial charge in [0.05, 0.1) is 17.6 Å². The number of halogens is 3. The van der Waals surface area contributed by atoms with Crippen LogP contribution in [0.3, 0.4) is 0 Å². The van der Waals surface area contributed by atoms with Gasteiger partial charge < -0.3 is 4.57 Å². The molecule has 0 aliphatic heterocycles. The third-order valence-electron chi connectivity index (χ3n) is 1.93. The van der Waals surface area contributed by atoms with Crippen molar-refractivity contribution >= 4 is 22.6 Å². The summed E-state index contributed by atoms with van der Waals surface area (Å²) < 4.78 is 25.7. The number of nitrogens with zero attached hydrogens (tertiary/aromatic N) is 2. The number of hydrogen-bond donors (Lipinski definition) is 0. The number of rotatable bonds is 2. The fraction of sp³-hybridized carbons (Fsp3) is 0.222. The summed E-state index contributed by atoms with van der Waals surface area (Å²) in [5.74, 6) is 0. The molecule has 1 heterocycles. The van der Waals surface area contributed by atoms with Crippen LogP contribution in [0.25, 0.3) is 11.0 Å². The predicted octanol–water partition coefficient (Wildman–Crippen LogP) is 2.95. The topological polar surface area (TPSA) is 17.8 Å². The van der Waals surface area contributed by atoms with Gasteiger partial charge in [0.15, 0.2) is 0 Å². The molecular formula is C9H7ClF2N2. The van der Waals surface area contributed by atoms with Crippen LogP contribution < -0.4 is 0 Å². The van der Waals surface area contributed by atoms with Gasteiger partial charge in [0.1, 0.15) is 0 Å². The Morgan fingerprint density at radius 2 is 2.07 bits per heavy atom. The second-order valence-corrected chi connectivity index (χ2v) is 3.21. The van der Waals surface area contributed by atoms with Gasteiger partial charge in [-0.1, -0.05) is 12.1 Å². The number of hydrogen-bond acceptors (Lipinski definition) is 1. The average Bonchev–Trinajstić information content (AvgIpc) is 2.43. The molecule has 0 fully saturated rings. The predicted molar refractivity (Wildman–Crippen MR) is 50.7 cm³/mol. The van der Waals surface area contributed by atoms with E-state index in [4.69, 9.17) is 11.6 Å². The van der Waals surface area contributed by atoms with Gasteiger partial charge in [-0.05, 0) is 23.7 Å². The van der Waals surface area contributed by atoms with Crippen molar-refractivity contribution in [3.63, 3.8) is 0 Å². The van der Waals surface area contributed by atoms with Crippen LogP contribution in [0.2, 0.25) is 5.28 Å². The maximum absolute atomic E-state index is 12.2. The van der Waals surface area contributed by atoms with Gasteiger partial charge >= 0.3 is 0 Å². The smallest absolute Gasteiger partial charge is 0.256 e. The van der Waals surface area contributed by atoms with Crippen molar-refractivity contribution in [2.45, 2.75) is 13.0 Å². The highest BCUT2D eigenvalue weighted by molar-refractivity contribution is 6.29. The minimum absolute atomic E-state index is 0.103. The Bertz CT molecular complexity index is 453. The lowest BCUT2D eigenvalue weighted by molar-refractivity contribution is 0.128. The lowest BCUT2D eigenvalue weighted by Gasteiger charge is -2.03. The quantitative estimate of drug-likeness (QED) is 0.755. The highest BCUT2D eigenvalue weighted by Gasteiger charge is 2.12. The van der Waals surface area contributed by atoms with Gasteiger partial charge in [-0.3, -0.25) is 0 Å². The molecule has 0 bridgehead atoms. The zero-order chi connectivity index (χ0) is 10.1. The number of fused-ring (bicyclic) bond motifs is 1. The van der Waals surface area contributed by atoms with Crippen LogP contribution in [-0.4, -0.2) is 16.0 Å². The van der Waals surface area contributed by atoms with Crippen LogP contribution in [0.4, 0.5) is 8.78 Å². The Labute approximate surface area is 84.1 Å². The molecule has 74 valence electrons. The number of benzene rings is 1. The maximum Gasteiger partial charge on any atom is 0.256 e. The highest BCUT2D eigenvalue weighted by atomic mass is 35.5. The molecule has 1 aromatic carbocycles. The van der Waals surface area contributed by atoms with E-state index in [2.05, 4.69) is 4.98 Å². The van der Waals surface area contributed by atoms with Crippen molar-refractivity contribution in [1.29, 1.82) is 0 Å². The molecule has 0 atom stereocenters. The second kappa shape index (κ2) is 3.53. The summed E-state index contributed by atoms with van der Waals surface area (Å²) in [6.07, 6.45) is -2.43. The molecule has 0 aliphatic rings. The van der Waals surface area contributed by atoms with E-state index in [9.17, 15) is 8.78 Å². The Balaban J connectivity index is 2.56. The largest absolute Gasteiger partial charge is 0.309 e. The molecule has 2 nitrogen and oxygen atoms in total. The Hall–Kier alpha value is -1.16. The van der Waals surface area contributed by atoms with Crippen molar-refractivity contribution < 1.29 is 8.78 Å². The van der Waals surface area contributed by atoms with Crippen molar-refractivity contribution in [3.05, 3.63) is 29.5 Å². The van der Waals surface area contributed by atoms with Crippen molar-refractivity contribution in [2.24, 2.45) is 0 Å². The molecule has 0 saturated carbocycles. The first-order chi connectivity index (χ1) is 6.68. The summed E-state index contributed by atoms with van der Waals surface area (Å²) >= 11 is 5.73. The Morgan fingerprint density at radius 1 is 1.36 bits per heavy atom. The minimum Gasteiger partial charge on any atom is -0.309 e. The van der Waals surface area contributed by atoms with E-state index in [0.717, 1.165) is 0 Å². The van der Waals surface area contributed by atoms with Crippen LogP contribution in [0.5, 0.6) is 0 Å². The minimum atomic E-state index is -2.43. The standard InChI is InChI=1S/C9H7ClF2N2/c10-9-13-6-3-1-2-4-7(6)14(9)5-8(11)12/h1-4,8H,5H2. The molecule has 2 rings (SSSR count). The maximum atomic E-state index is 12.2. The molecule has 0 aliphatic carbocycles. The SMILES string of the molecule is FC(F)Cn1c(Cl)nc2ccccc21. The van der Waals surface area contributed by atoms with E-state index < -0.39 is 13.0 Å². The van der Waals surface area contributed by atoms with Gasteiger partial charge in [0, 0.05) is 0 Å². The molecule has 14 heavy (non-hydrogen) atoms. The van der Waals surface area contributed by atoms with Gasteiger partial charge in [-0.15, -0.1) is 0 Å². The molecule has 0 N–H and O–H groups in total. The van der Waals surface area contributed by atoms with Gasteiger partial charge in [-0.2, -0.15) is 0 Å². The van der Waals surface area contributed by atoms with E-state index in [1.54, 1.807) is 24.3 Å². The molecule has 1 aromatic heterocycles. The third-order valence-corrected chi connectivity index (χ3v) is 2.22. The zero-order valence-electron chi connectivity index (χ0n) is 7.12. The molecule has 5 heteroatoms. The second-order valence-electron chi connectivity index (χ2n) is 2.87. The van der Waals surface area contributed by atoms with E-state index in [0.29, 0.717) is 11.0 Å². The fourth-order valence-corrected chi connectivity index (χ4v) is 1.61. The van der Waals surface area contributed by atoms with Crippen molar-refractivity contribution in [2.75, 3.05) is 0 Å². The fourth-order valence-electron chi connectivity index (χ4n) is 1.36. The van der Waals surface area contributed by atoms with Gasteiger partial charge in [-0.25, -0.2) is 13.8 Å². The molecule has 0 saturated heterocycles. The van der Waals surface area contributed by atoms with Crippen LogP contribution >= 0.6 is 11.6 Å². The Kier molecular flexibility index (Phi) is 2.37. The molecule has 2 aromatic rings. The first-order valence-electron chi connectivity index (χ1n) is 4.07. The van der Waals surface area contributed by atoms with Gasteiger partial charge in [0.25, 0.3) is 6.43 Å². The van der Waals surface area contributed by atoms with E-state index >= 15 is 0 Å². The first kappa shape index (κ1) is 9.40. The molecule has 0 radical (unpaired) electrons. The summed E-state index contributed by atoms with van der Waals surface area (Å²) in [7, 11) is 0. The summed E-state index contributed by atoms with van der Waals surface area (Å²) in [6, 6.07) is 7.01. The monoisotopic (exact) mass is 216 g/mol. The molecule has 0 spiro atoms. The van der Waals surface area contributed by atoms with Crippen LogP contribution in [0.15, 0.2) is 24.3 Å². The number of para-hydroxylation sites is 2. The van der Waals surface area contributed by atoms with Crippen LogP contribution in [0, 0.1) is 0 Å². The first-order valence-corrected chi connectivity index (χ1v) is 4.45. The molecular weight excluding hydrogens is 210 g/mol. The lowest BCUT2D eigenvalue weighted by Crippen LogP contribution is -2.06. The molecule has 0 amide bonds. The highest BCUT2D eigenvalue weighted by Crippen LogP contribution is 2.20. The van der Waals surface area contributed by atoms with E-state index in [-0.39, 0.29) is 5.28 Å². The number of imidazole rings is 1. The van der Waals surface area contributed by atoms with Crippen molar-refractivity contribution in [3.8, 4) is 0 Å².